The number of amides is 1. The first kappa shape index (κ1) is 32.7. The molecule has 0 aromatic heterocycles. The third-order valence-electron chi connectivity index (χ3n) is 7.37. The van der Waals surface area contributed by atoms with Crippen molar-refractivity contribution in [1.29, 1.82) is 0 Å². The molecule has 7 nitrogen and oxygen atoms in total. The van der Waals surface area contributed by atoms with Crippen LogP contribution < -0.4 is 10.6 Å². The van der Waals surface area contributed by atoms with Crippen LogP contribution in [0.25, 0.3) is 0 Å². The lowest BCUT2D eigenvalue weighted by Gasteiger charge is -2.28. The number of carbonyl (C=O) groups is 1. The van der Waals surface area contributed by atoms with E-state index in [1.165, 1.54) is 31.2 Å². The molecule has 1 aromatic carbocycles. The lowest BCUT2D eigenvalue weighted by atomic mass is 9.83. The lowest BCUT2D eigenvalue weighted by Crippen LogP contribution is -2.36. The number of aryl methyl sites for hydroxylation is 1. The predicted molar refractivity (Wildman–Crippen MR) is 157 cm³/mol. The minimum Gasteiger partial charge on any atom is -0.501 e. The molecule has 7 heteroatoms. The Morgan fingerprint density at radius 3 is 1.72 bits per heavy atom. The van der Waals surface area contributed by atoms with Crippen molar-refractivity contribution in [1.82, 2.24) is 10.6 Å². The number of allylic oxidation sites excluding steroid dienone is 2. The van der Waals surface area contributed by atoms with Gasteiger partial charge in [-0.15, -0.1) is 0 Å². The standard InChI is InChI=1S/C25H44N2O5.C7H8/c1-3-13-29-15-21-5-7-23(8-6-21)17-31-20-26-19-27-25(28)32-18-24-11-9-22(10-12-24)16-30-14-4-2;1-7-5-3-2-4-6-7/h3-4,13-14,21-24,26H,5-12,15-20H2,1-2H3,(H,27,28);2-6H,1H3/b13-3+,14-4+;. The molecule has 0 radical (unpaired) electrons. The Balaban J connectivity index is 0.000000658. The van der Waals surface area contributed by atoms with Crippen LogP contribution in [-0.2, 0) is 18.9 Å². The Labute approximate surface area is 236 Å². The average molecular weight is 545 g/mol. The predicted octanol–water partition coefficient (Wildman–Crippen LogP) is 6.94. The van der Waals surface area contributed by atoms with Crippen molar-refractivity contribution in [3.05, 3.63) is 60.6 Å². The third kappa shape index (κ3) is 16.3. The van der Waals surface area contributed by atoms with E-state index in [4.69, 9.17) is 18.9 Å². The van der Waals surface area contributed by atoms with Gasteiger partial charge in [-0.05, 0) is 95.8 Å². The highest BCUT2D eigenvalue weighted by atomic mass is 16.5. The molecule has 1 aromatic rings. The van der Waals surface area contributed by atoms with Gasteiger partial charge in [-0.25, -0.2) is 4.79 Å². The van der Waals surface area contributed by atoms with Crippen molar-refractivity contribution >= 4 is 6.09 Å². The highest BCUT2D eigenvalue weighted by Gasteiger charge is 2.23. The van der Waals surface area contributed by atoms with Gasteiger partial charge in [0.2, 0.25) is 0 Å². The maximum Gasteiger partial charge on any atom is 0.408 e. The minimum atomic E-state index is -0.366. The Morgan fingerprint density at radius 2 is 1.26 bits per heavy atom. The van der Waals surface area contributed by atoms with Gasteiger partial charge in [0.05, 0.1) is 52.4 Å². The maximum atomic E-state index is 11.9. The van der Waals surface area contributed by atoms with Gasteiger partial charge in [0, 0.05) is 0 Å². The molecule has 0 bridgehead atoms. The number of alkyl carbamates (subject to hydrolysis) is 1. The quantitative estimate of drug-likeness (QED) is 0.150. The first-order valence-electron chi connectivity index (χ1n) is 14.8. The number of nitrogens with one attached hydrogen (secondary N) is 2. The van der Waals surface area contributed by atoms with Crippen LogP contribution in [0.1, 0.15) is 70.8 Å². The zero-order valence-electron chi connectivity index (χ0n) is 24.4. The summed E-state index contributed by atoms with van der Waals surface area (Å²) < 4.78 is 22.1. The van der Waals surface area contributed by atoms with Crippen LogP contribution >= 0.6 is 0 Å². The van der Waals surface area contributed by atoms with E-state index in [2.05, 4.69) is 29.7 Å². The molecule has 0 spiro atoms. The summed E-state index contributed by atoms with van der Waals surface area (Å²) in [7, 11) is 0. The summed E-state index contributed by atoms with van der Waals surface area (Å²) in [5.74, 6) is 2.37. The molecular formula is C32H52N2O5. The molecule has 0 heterocycles. The van der Waals surface area contributed by atoms with Crippen molar-refractivity contribution < 1.29 is 23.7 Å². The molecule has 2 saturated carbocycles. The van der Waals surface area contributed by atoms with Gasteiger partial charge in [-0.1, -0.05) is 48.0 Å². The minimum absolute atomic E-state index is 0.350. The molecule has 1 amide bonds. The van der Waals surface area contributed by atoms with E-state index in [1.54, 1.807) is 12.5 Å². The molecule has 39 heavy (non-hydrogen) atoms. The first-order chi connectivity index (χ1) is 19.1. The fraction of sp³-hybridized carbons (Fsp3) is 0.656. The SMILES string of the molecule is C/C=C/OCC1CCC(COCNCNC(=O)OCC2CCC(CO/C=C/C)CC2)CC1.Cc1ccccc1. The van der Waals surface area contributed by atoms with Crippen LogP contribution in [0.4, 0.5) is 4.79 Å². The Hall–Kier alpha value is -2.51. The second kappa shape index (κ2) is 21.3. The number of rotatable bonds is 14. The molecule has 2 aliphatic carbocycles. The van der Waals surface area contributed by atoms with Crippen molar-refractivity contribution in [2.75, 3.05) is 39.8 Å². The topological polar surface area (TPSA) is 78.1 Å². The average Bonchev–Trinajstić information content (AvgIpc) is 2.96. The lowest BCUT2D eigenvalue weighted by molar-refractivity contribution is 0.0564. The van der Waals surface area contributed by atoms with E-state index in [0.29, 0.717) is 43.7 Å². The summed E-state index contributed by atoms with van der Waals surface area (Å²) >= 11 is 0. The van der Waals surface area contributed by atoms with Gasteiger partial charge in [-0.2, -0.15) is 0 Å². The summed E-state index contributed by atoms with van der Waals surface area (Å²) in [4.78, 5) is 11.9. The highest BCUT2D eigenvalue weighted by Crippen LogP contribution is 2.30. The smallest absolute Gasteiger partial charge is 0.408 e. The van der Waals surface area contributed by atoms with E-state index >= 15 is 0 Å². The monoisotopic (exact) mass is 544 g/mol. The molecule has 0 aliphatic heterocycles. The van der Waals surface area contributed by atoms with Gasteiger partial charge in [0.1, 0.15) is 0 Å². The fourth-order valence-electron chi connectivity index (χ4n) is 4.97. The third-order valence-corrected chi connectivity index (χ3v) is 7.37. The van der Waals surface area contributed by atoms with Crippen molar-refractivity contribution in [3.63, 3.8) is 0 Å². The summed E-state index contributed by atoms with van der Waals surface area (Å²) in [6.45, 7) is 9.67. The number of ether oxygens (including phenoxy) is 4. The van der Waals surface area contributed by atoms with E-state index in [9.17, 15) is 4.79 Å². The Kier molecular flexibility index (Phi) is 17.9. The summed E-state index contributed by atoms with van der Waals surface area (Å²) in [6.07, 6.45) is 16.3. The van der Waals surface area contributed by atoms with Gasteiger partial charge in [-0.3, -0.25) is 5.32 Å². The molecule has 3 rings (SSSR count). The van der Waals surface area contributed by atoms with Gasteiger partial charge in [0.25, 0.3) is 0 Å². The molecule has 2 N–H and O–H groups in total. The first-order valence-corrected chi connectivity index (χ1v) is 14.8. The van der Waals surface area contributed by atoms with Crippen LogP contribution in [0.2, 0.25) is 0 Å². The highest BCUT2D eigenvalue weighted by molar-refractivity contribution is 5.66. The molecule has 2 fully saturated rings. The van der Waals surface area contributed by atoms with Crippen LogP contribution in [0, 0.1) is 30.6 Å². The van der Waals surface area contributed by atoms with E-state index in [-0.39, 0.29) is 6.09 Å². The zero-order chi connectivity index (χ0) is 28.0. The number of hydrogen-bond donors (Lipinski definition) is 2. The molecule has 0 atom stereocenters. The number of hydrogen-bond acceptors (Lipinski definition) is 6. The van der Waals surface area contributed by atoms with Crippen LogP contribution in [0.3, 0.4) is 0 Å². The van der Waals surface area contributed by atoms with Crippen LogP contribution in [-0.4, -0.2) is 45.9 Å². The normalized spacial score (nSPS) is 23.2. The van der Waals surface area contributed by atoms with Gasteiger partial charge >= 0.3 is 6.09 Å². The second-order valence-corrected chi connectivity index (χ2v) is 10.8. The molecular weight excluding hydrogens is 492 g/mol. The van der Waals surface area contributed by atoms with Crippen molar-refractivity contribution in [2.45, 2.75) is 72.1 Å². The molecule has 220 valence electrons. The van der Waals surface area contributed by atoms with E-state index in [1.807, 2.05) is 44.2 Å². The van der Waals surface area contributed by atoms with Gasteiger partial charge in [0.15, 0.2) is 0 Å². The van der Waals surface area contributed by atoms with Gasteiger partial charge < -0.3 is 24.3 Å². The maximum absolute atomic E-state index is 11.9. The van der Waals surface area contributed by atoms with Crippen molar-refractivity contribution in [3.8, 4) is 0 Å². The fourth-order valence-corrected chi connectivity index (χ4v) is 4.97. The second-order valence-electron chi connectivity index (χ2n) is 10.8. The molecule has 0 unspecified atom stereocenters. The molecule has 0 saturated heterocycles. The largest absolute Gasteiger partial charge is 0.501 e. The number of carbonyl (C=O) groups excluding carboxylic acids is 1. The zero-order valence-corrected chi connectivity index (χ0v) is 24.4. The summed E-state index contributed by atoms with van der Waals surface area (Å²) in [5.41, 5.74) is 1.32. The van der Waals surface area contributed by atoms with Crippen LogP contribution in [0.15, 0.2) is 55.0 Å². The Morgan fingerprint density at radius 1 is 0.769 bits per heavy atom. The van der Waals surface area contributed by atoms with Crippen LogP contribution in [0.5, 0.6) is 0 Å². The Bertz CT molecular complexity index is 785. The molecule has 2 aliphatic rings. The summed E-state index contributed by atoms with van der Waals surface area (Å²) in [5, 5.41) is 5.82. The van der Waals surface area contributed by atoms with E-state index < -0.39 is 0 Å². The van der Waals surface area contributed by atoms with E-state index in [0.717, 1.165) is 45.5 Å². The summed E-state index contributed by atoms with van der Waals surface area (Å²) in [6, 6.07) is 10.3. The number of benzene rings is 1. The van der Waals surface area contributed by atoms with Crippen molar-refractivity contribution in [2.24, 2.45) is 23.7 Å².